The van der Waals surface area contributed by atoms with Crippen molar-refractivity contribution in [2.75, 3.05) is 61.6 Å². The van der Waals surface area contributed by atoms with Crippen LogP contribution in [0, 0.1) is 0 Å². The van der Waals surface area contributed by atoms with Gasteiger partial charge in [0.1, 0.15) is 5.75 Å². The van der Waals surface area contributed by atoms with Gasteiger partial charge in [-0.15, -0.1) is 0 Å². The first-order valence-corrected chi connectivity index (χ1v) is 12.9. The van der Waals surface area contributed by atoms with E-state index in [-0.39, 0.29) is 17.6 Å². The number of hydrogen-bond donors (Lipinski definition) is 0. The minimum Gasteiger partial charge on any atom is -0.410 e. The van der Waals surface area contributed by atoms with Gasteiger partial charge in [-0.1, -0.05) is 18.2 Å². The third-order valence-corrected chi connectivity index (χ3v) is 7.98. The van der Waals surface area contributed by atoms with Gasteiger partial charge in [0.05, 0.1) is 11.5 Å². The second kappa shape index (κ2) is 9.40. The molecule has 2 aromatic carbocycles. The number of ether oxygens (including phenoxy) is 1. The molecule has 0 unspecified atom stereocenters. The highest BCUT2D eigenvalue weighted by Crippen LogP contribution is 2.30. The number of piperidine rings is 1. The van der Waals surface area contributed by atoms with Crippen LogP contribution in [0.25, 0.3) is 0 Å². The third-order valence-electron chi connectivity index (χ3n) is 6.37. The number of amides is 1. The van der Waals surface area contributed by atoms with E-state index in [0.29, 0.717) is 37.8 Å². The predicted octanol–water partition coefficient (Wildman–Crippen LogP) is 3.37. The average molecular weight is 458 g/mol. The number of anilines is 2. The van der Waals surface area contributed by atoms with Gasteiger partial charge >= 0.3 is 6.09 Å². The zero-order valence-corrected chi connectivity index (χ0v) is 19.6. The fraction of sp³-hybridized carbons (Fsp3) is 0.458. The number of likely N-dealkylation sites (tertiary alicyclic amines) is 1. The van der Waals surface area contributed by atoms with Crippen molar-refractivity contribution < 1.29 is 17.9 Å². The number of benzene rings is 2. The molecule has 0 saturated carbocycles. The van der Waals surface area contributed by atoms with Gasteiger partial charge in [0, 0.05) is 57.7 Å². The van der Waals surface area contributed by atoms with Gasteiger partial charge in [0.15, 0.2) is 9.84 Å². The molecule has 7 nitrogen and oxygen atoms in total. The molecule has 0 spiro atoms. The summed E-state index contributed by atoms with van der Waals surface area (Å²) >= 11 is 0. The van der Waals surface area contributed by atoms with Crippen molar-refractivity contribution in [3.05, 3.63) is 54.1 Å². The third kappa shape index (κ3) is 5.35. The van der Waals surface area contributed by atoms with Gasteiger partial charge in [0.25, 0.3) is 0 Å². The summed E-state index contributed by atoms with van der Waals surface area (Å²) in [7, 11) is 1.13. The van der Waals surface area contributed by atoms with E-state index in [0.717, 1.165) is 18.5 Å². The molecular weight excluding hydrogens is 426 g/mol. The fourth-order valence-corrected chi connectivity index (χ4v) is 5.52. The lowest BCUT2D eigenvalue weighted by atomic mass is 9.89. The summed E-state index contributed by atoms with van der Waals surface area (Å²) in [5.41, 5.74) is 3.38. The van der Waals surface area contributed by atoms with Crippen molar-refractivity contribution in [1.82, 2.24) is 4.90 Å². The van der Waals surface area contributed by atoms with Crippen molar-refractivity contribution >= 4 is 27.3 Å². The molecule has 2 fully saturated rings. The Labute approximate surface area is 190 Å². The highest BCUT2D eigenvalue weighted by atomic mass is 32.2. The molecule has 0 bridgehead atoms. The Morgan fingerprint density at radius 2 is 1.62 bits per heavy atom. The van der Waals surface area contributed by atoms with Crippen molar-refractivity contribution in [3.63, 3.8) is 0 Å². The van der Waals surface area contributed by atoms with Crippen LogP contribution < -0.4 is 14.5 Å². The number of rotatable bonds is 4. The van der Waals surface area contributed by atoms with Gasteiger partial charge in [0.2, 0.25) is 0 Å². The van der Waals surface area contributed by atoms with Gasteiger partial charge in [-0.3, -0.25) is 0 Å². The highest BCUT2D eigenvalue weighted by Gasteiger charge is 2.26. The van der Waals surface area contributed by atoms with Crippen molar-refractivity contribution in [2.45, 2.75) is 18.8 Å². The topological polar surface area (TPSA) is 70.2 Å². The van der Waals surface area contributed by atoms with Crippen LogP contribution in [0.1, 0.15) is 24.3 Å². The molecule has 2 aliphatic rings. The van der Waals surface area contributed by atoms with Crippen LogP contribution in [0.5, 0.6) is 5.75 Å². The minimum absolute atomic E-state index is 0.157. The van der Waals surface area contributed by atoms with Crippen LogP contribution in [-0.4, -0.2) is 71.2 Å². The Balaban J connectivity index is 1.31. The second-order valence-electron chi connectivity index (χ2n) is 8.75. The van der Waals surface area contributed by atoms with Crippen molar-refractivity contribution in [1.29, 1.82) is 0 Å². The lowest BCUT2D eigenvalue weighted by molar-refractivity contribution is 0.138. The van der Waals surface area contributed by atoms with E-state index >= 15 is 0 Å². The molecule has 1 amide bonds. The van der Waals surface area contributed by atoms with Crippen LogP contribution in [0.3, 0.4) is 0 Å². The summed E-state index contributed by atoms with van der Waals surface area (Å²) in [5, 5.41) is 0. The number of sulfone groups is 1. The van der Waals surface area contributed by atoms with Crippen LogP contribution in [-0.2, 0) is 9.84 Å². The van der Waals surface area contributed by atoms with E-state index in [4.69, 9.17) is 4.74 Å². The average Bonchev–Trinajstić information content (AvgIpc) is 2.79. The maximum absolute atomic E-state index is 12.7. The smallest absolute Gasteiger partial charge is 0.410 e. The molecule has 32 heavy (non-hydrogen) atoms. The number of carbonyl (C=O) groups excluding carboxylic acids is 1. The van der Waals surface area contributed by atoms with Crippen LogP contribution >= 0.6 is 0 Å². The van der Waals surface area contributed by atoms with Gasteiger partial charge in [-0.05, 0) is 48.6 Å². The van der Waals surface area contributed by atoms with Gasteiger partial charge in [-0.25, -0.2) is 13.2 Å². The first-order valence-electron chi connectivity index (χ1n) is 11.1. The van der Waals surface area contributed by atoms with Crippen molar-refractivity contribution in [2.24, 2.45) is 0 Å². The molecule has 8 heteroatoms. The maximum Gasteiger partial charge on any atom is 0.415 e. The largest absolute Gasteiger partial charge is 0.415 e. The SMILES string of the molecule is CN(C)c1ccc(C2CCN(C(=O)Oc3cccc(N4CCS(=O)(=O)CC4)c3)CC2)cc1. The molecular formula is C24H31N3O4S. The Kier molecular flexibility index (Phi) is 6.60. The summed E-state index contributed by atoms with van der Waals surface area (Å²) in [4.78, 5) is 18.6. The van der Waals surface area contributed by atoms with E-state index in [2.05, 4.69) is 29.2 Å². The Hall–Kier alpha value is -2.74. The number of hydrogen-bond acceptors (Lipinski definition) is 6. The molecule has 172 valence electrons. The van der Waals surface area contributed by atoms with Gasteiger partial charge in [-0.2, -0.15) is 0 Å². The minimum atomic E-state index is -2.93. The summed E-state index contributed by atoms with van der Waals surface area (Å²) < 4.78 is 29.0. The molecule has 0 N–H and O–H groups in total. The van der Waals surface area contributed by atoms with E-state index in [1.165, 1.54) is 11.3 Å². The van der Waals surface area contributed by atoms with Crippen LogP contribution in [0.2, 0.25) is 0 Å². The molecule has 0 aromatic heterocycles. The van der Waals surface area contributed by atoms with Gasteiger partial charge < -0.3 is 19.4 Å². The Bertz CT molecular complexity index is 1030. The molecule has 0 atom stereocenters. The lowest BCUT2D eigenvalue weighted by Gasteiger charge is -2.32. The first-order chi connectivity index (χ1) is 15.3. The Morgan fingerprint density at radius 3 is 2.25 bits per heavy atom. The quantitative estimate of drug-likeness (QED) is 0.701. The second-order valence-corrected chi connectivity index (χ2v) is 11.1. The number of carbonyl (C=O) groups is 1. The molecule has 2 aromatic rings. The van der Waals surface area contributed by atoms with Crippen LogP contribution in [0.4, 0.5) is 16.2 Å². The summed E-state index contributed by atoms with van der Waals surface area (Å²) in [6, 6.07) is 16.0. The highest BCUT2D eigenvalue weighted by molar-refractivity contribution is 7.91. The summed E-state index contributed by atoms with van der Waals surface area (Å²) in [6.45, 7) is 2.26. The van der Waals surface area contributed by atoms with E-state index in [1.54, 1.807) is 11.0 Å². The van der Waals surface area contributed by atoms with E-state index in [9.17, 15) is 13.2 Å². The first kappa shape index (κ1) is 22.5. The molecule has 0 aliphatic carbocycles. The van der Waals surface area contributed by atoms with Crippen molar-refractivity contribution in [3.8, 4) is 5.75 Å². The monoisotopic (exact) mass is 457 g/mol. The normalized spacial score (nSPS) is 18.9. The molecule has 2 heterocycles. The zero-order valence-electron chi connectivity index (χ0n) is 18.7. The maximum atomic E-state index is 12.7. The predicted molar refractivity (Wildman–Crippen MR) is 128 cm³/mol. The molecule has 0 radical (unpaired) electrons. The molecule has 4 rings (SSSR count). The Morgan fingerprint density at radius 1 is 0.969 bits per heavy atom. The summed E-state index contributed by atoms with van der Waals surface area (Å²) in [6.07, 6.45) is 1.50. The molecule has 2 saturated heterocycles. The van der Waals surface area contributed by atoms with E-state index in [1.807, 2.05) is 37.2 Å². The summed E-state index contributed by atoms with van der Waals surface area (Å²) in [5.74, 6) is 1.25. The fourth-order valence-electron chi connectivity index (χ4n) is 4.32. The molecule has 2 aliphatic heterocycles. The number of nitrogens with zero attached hydrogens (tertiary/aromatic N) is 3. The zero-order chi connectivity index (χ0) is 22.7. The lowest BCUT2D eigenvalue weighted by Crippen LogP contribution is -2.40. The standard InChI is InChI=1S/C24H31N3O4S/c1-25(2)21-8-6-19(7-9-21)20-10-12-27(13-11-20)24(28)31-23-5-3-4-22(18-23)26-14-16-32(29,30)17-15-26/h3-9,18,20H,10-17H2,1-2H3. The van der Waals surface area contributed by atoms with Crippen LogP contribution in [0.15, 0.2) is 48.5 Å². The van der Waals surface area contributed by atoms with E-state index < -0.39 is 9.84 Å².